The summed E-state index contributed by atoms with van der Waals surface area (Å²) in [5, 5.41) is 0. The van der Waals surface area contributed by atoms with Crippen LogP contribution >= 0.6 is 0 Å². The van der Waals surface area contributed by atoms with E-state index in [0.29, 0.717) is 12.5 Å². The lowest BCUT2D eigenvalue weighted by Gasteiger charge is -2.27. The molecule has 0 aromatic rings. The molecular formula is C10H21N3O2. The molecule has 0 bridgehead atoms. The largest absolute Gasteiger partial charge is 0.381 e. The Kier molecular flexibility index (Phi) is 5.01. The Labute approximate surface area is 90.7 Å². The van der Waals surface area contributed by atoms with E-state index >= 15 is 0 Å². The van der Waals surface area contributed by atoms with Crippen molar-refractivity contribution >= 4 is 5.91 Å². The molecule has 1 aliphatic rings. The van der Waals surface area contributed by atoms with E-state index in [1.54, 1.807) is 0 Å². The summed E-state index contributed by atoms with van der Waals surface area (Å²) in [5.41, 5.74) is 10.7. The van der Waals surface area contributed by atoms with Crippen LogP contribution in [0.3, 0.4) is 0 Å². The molecule has 1 saturated heterocycles. The van der Waals surface area contributed by atoms with Gasteiger partial charge in [0.2, 0.25) is 5.91 Å². The molecule has 1 aliphatic heterocycles. The predicted molar refractivity (Wildman–Crippen MR) is 58.2 cm³/mol. The highest BCUT2D eigenvalue weighted by Crippen LogP contribution is 2.15. The average Bonchev–Trinajstić information content (AvgIpc) is 2.18. The van der Waals surface area contributed by atoms with Crippen LogP contribution in [-0.4, -0.2) is 50.2 Å². The van der Waals surface area contributed by atoms with Gasteiger partial charge in [0.25, 0.3) is 0 Å². The predicted octanol–water partition coefficient (Wildman–Crippen LogP) is -0.843. The number of primary amides is 1. The Morgan fingerprint density at radius 3 is 2.67 bits per heavy atom. The van der Waals surface area contributed by atoms with E-state index in [1.807, 2.05) is 7.05 Å². The van der Waals surface area contributed by atoms with Crippen molar-refractivity contribution in [2.24, 2.45) is 17.4 Å². The Hall–Kier alpha value is -0.650. The molecule has 1 fully saturated rings. The molecular weight excluding hydrogens is 194 g/mol. The minimum Gasteiger partial charge on any atom is -0.381 e. The molecule has 0 aromatic carbocycles. The minimum absolute atomic E-state index is 0.436. The van der Waals surface area contributed by atoms with Crippen molar-refractivity contribution in [3.63, 3.8) is 0 Å². The molecule has 15 heavy (non-hydrogen) atoms. The highest BCUT2D eigenvalue weighted by atomic mass is 16.5. The molecule has 0 aliphatic carbocycles. The number of nitrogens with two attached hydrogens (primary N) is 2. The molecule has 1 rings (SSSR count). The standard InChI is InChI=1S/C10H21N3O2/c1-13(7-9(11)10(12)14)6-8-2-4-15-5-3-8/h8-9H,2-7,11H2,1H3,(H2,12,14). The SMILES string of the molecule is CN(CC1CCOCC1)CC(N)C(N)=O. The number of carbonyl (C=O) groups excluding carboxylic acids is 1. The van der Waals surface area contributed by atoms with E-state index in [0.717, 1.165) is 32.6 Å². The second-order valence-electron chi connectivity index (χ2n) is 4.29. The highest BCUT2D eigenvalue weighted by Gasteiger charge is 2.18. The van der Waals surface area contributed by atoms with Crippen LogP contribution in [0.4, 0.5) is 0 Å². The lowest BCUT2D eigenvalue weighted by molar-refractivity contribution is -0.119. The van der Waals surface area contributed by atoms with Gasteiger partial charge in [0, 0.05) is 26.3 Å². The van der Waals surface area contributed by atoms with Crippen molar-refractivity contribution in [3.05, 3.63) is 0 Å². The van der Waals surface area contributed by atoms with Gasteiger partial charge in [-0.15, -0.1) is 0 Å². The number of carbonyl (C=O) groups is 1. The van der Waals surface area contributed by atoms with Crippen molar-refractivity contribution in [1.29, 1.82) is 0 Å². The summed E-state index contributed by atoms with van der Waals surface area (Å²) < 4.78 is 5.28. The smallest absolute Gasteiger partial charge is 0.235 e. The van der Waals surface area contributed by atoms with Crippen molar-refractivity contribution in [1.82, 2.24) is 4.90 Å². The number of likely N-dealkylation sites (N-methyl/N-ethyl adjacent to an activating group) is 1. The first-order chi connectivity index (χ1) is 7.09. The summed E-state index contributed by atoms with van der Waals surface area (Å²) >= 11 is 0. The van der Waals surface area contributed by atoms with E-state index in [4.69, 9.17) is 16.2 Å². The monoisotopic (exact) mass is 215 g/mol. The molecule has 0 saturated carbocycles. The highest BCUT2D eigenvalue weighted by molar-refractivity contribution is 5.79. The average molecular weight is 215 g/mol. The summed E-state index contributed by atoms with van der Waals surface area (Å²) in [6.07, 6.45) is 2.19. The molecule has 1 amide bonds. The summed E-state index contributed by atoms with van der Waals surface area (Å²) in [4.78, 5) is 12.9. The van der Waals surface area contributed by atoms with Gasteiger partial charge < -0.3 is 21.1 Å². The number of hydrogen-bond donors (Lipinski definition) is 2. The van der Waals surface area contributed by atoms with Crippen LogP contribution in [0.5, 0.6) is 0 Å². The summed E-state index contributed by atoms with van der Waals surface area (Å²) in [5.74, 6) is 0.220. The van der Waals surface area contributed by atoms with Gasteiger partial charge in [0.1, 0.15) is 0 Å². The van der Waals surface area contributed by atoms with Crippen LogP contribution in [0.25, 0.3) is 0 Å². The minimum atomic E-state index is -0.560. The molecule has 88 valence electrons. The van der Waals surface area contributed by atoms with Gasteiger partial charge in [-0.3, -0.25) is 4.79 Å². The molecule has 0 spiro atoms. The first-order valence-electron chi connectivity index (χ1n) is 5.40. The fourth-order valence-electron chi connectivity index (χ4n) is 1.87. The third kappa shape index (κ3) is 4.59. The summed E-state index contributed by atoms with van der Waals surface area (Å²) in [7, 11) is 1.97. The van der Waals surface area contributed by atoms with Crippen molar-refractivity contribution in [3.8, 4) is 0 Å². The van der Waals surface area contributed by atoms with Gasteiger partial charge in [0.15, 0.2) is 0 Å². The second-order valence-corrected chi connectivity index (χ2v) is 4.29. The van der Waals surface area contributed by atoms with Crippen LogP contribution in [0.2, 0.25) is 0 Å². The van der Waals surface area contributed by atoms with Gasteiger partial charge in [-0.05, 0) is 25.8 Å². The van der Waals surface area contributed by atoms with Crippen molar-refractivity contribution in [2.45, 2.75) is 18.9 Å². The lowest BCUT2D eigenvalue weighted by Crippen LogP contribution is -2.46. The van der Waals surface area contributed by atoms with E-state index < -0.39 is 11.9 Å². The van der Waals surface area contributed by atoms with Crippen LogP contribution in [0, 0.1) is 5.92 Å². The summed E-state index contributed by atoms with van der Waals surface area (Å²) in [6.45, 7) is 3.19. The molecule has 5 nitrogen and oxygen atoms in total. The van der Waals surface area contributed by atoms with Crippen molar-refractivity contribution < 1.29 is 9.53 Å². The van der Waals surface area contributed by atoms with Crippen LogP contribution in [0.1, 0.15) is 12.8 Å². The first-order valence-corrected chi connectivity index (χ1v) is 5.40. The molecule has 5 heteroatoms. The van der Waals surface area contributed by atoms with Crippen LogP contribution in [0.15, 0.2) is 0 Å². The Balaban J connectivity index is 2.22. The van der Waals surface area contributed by atoms with E-state index in [9.17, 15) is 4.79 Å². The molecule has 1 atom stereocenters. The zero-order valence-corrected chi connectivity index (χ0v) is 9.32. The van der Waals surface area contributed by atoms with Gasteiger partial charge in [-0.25, -0.2) is 0 Å². The number of amides is 1. The van der Waals surface area contributed by atoms with E-state index in [-0.39, 0.29) is 0 Å². The fourth-order valence-corrected chi connectivity index (χ4v) is 1.87. The Morgan fingerprint density at radius 2 is 2.13 bits per heavy atom. The van der Waals surface area contributed by atoms with Crippen LogP contribution in [-0.2, 0) is 9.53 Å². The molecule has 1 heterocycles. The maximum absolute atomic E-state index is 10.8. The zero-order valence-electron chi connectivity index (χ0n) is 9.32. The number of hydrogen-bond acceptors (Lipinski definition) is 4. The number of rotatable bonds is 5. The lowest BCUT2D eigenvalue weighted by atomic mass is 10.00. The molecule has 0 aromatic heterocycles. The summed E-state index contributed by atoms with van der Waals surface area (Å²) in [6, 6.07) is -0.560. The number of ether oxygens (including phenoxy) is 1. The zero-order chi connectivity index (χ0) is 11.3. The first kappa shape index (κ1) is 12.4. The molecule has 4 N–H and O–H groups in total. The third-order valence-corrected chi connectivity index (χ3v) is 2.78. The maximum atomic E-state index is 10.8. The van der Waals surface area contributed by atoms with Gasteiger partial charge in [0.05, 0.1) is 6.04 Å². The second kappa shape index (κ2) is 6.05. The molecule has 0 radical (unpaired) electrons. The quantitative estimate of drug-likeness (QED) is 0.626. The van der Waals surface area contributed by atoms with E-state index in [1.165, 1.54) is 0 Å². The fraction of sp³-hybridized carbons (Fsp3) is 0.900. The maximum Gasteiger partial charge on any atom is 0.235 e. The topological polar surface area (TPSA) is 81.6 Å². The number of nitrogens with zero attached hydrogens (tertiary/aromatic N) is 1. The van der Waals surface area contributed by atoms with Gasteiger partial charge in [-0.2, -0.15) is 0 Å². The Bertz CT molecular complexity index is 205. The van der Waals surface area contributed by atoms with Crippen molar-refractivity contribution in [2.75, 3.05) is 33.4 Å². The van der Waals surface area contributed by atoms with E-state index in [2.05, 4.69) is 4.90 Å². The van der Waals surface area contributed by atoms with Crippen LogP contribution < -0.4 is 11.5 Å². The van der Waals surface area contributed by atoms with Gasteiger partial charge >= 0.3 is 0 Å². The normalized spacial score (nSPS) is 20.5. The molecule has 1 unspecified atom stereocenters. The third-order valence-electron chi connectivity index (χ3n) is 2.78. The van der Waals surface area contributed by atoms with Gasteiger partial charge in [-0.1, -0.05) is 0 Å². The Morgan fingerprint density at radius 1 is 1.53 bits per heavy atom.